The molecule has 0 amide bonds. The Kier molecular flexibility index (Phi) is 3.52. The van der Waals surface area contributed by atoms with Gasteiger partial charge in [-0.3, -0.25) is 0 Å². The van der Waals surface area contributed by atoms with E-state index in [9.17, 15) is 0 Å². The molecule has 3 rings (SSSR count). The summed E-state index contributed by atoms with van der Waals surface area (Å²) in [6.45, 7) is 4.26. The highest BCUT2D eigenvalue weighted by atomic mass is 32.2. The summed E-state index contributed by atoms with van der Waals surface area (Å²) in [4.78, 5) is 9.26. The van der Waals surface area contributed by atoms with E-state index in [1.807, 2.05) is 30.1 Å². The van der Waals surface area contributed by atoms with E-state index in [-0.39, 0.29) is 0 Å². The van der Waals surface area contributed by atoms with Gasteiger partial charge in [-0.25, -0.2) is 9.97 Å². The molecule has 0 spiro atoms. The highest BCUT2D eigenvalue weighted by molar-refractivity contribution is 7.99. The van der Waals surface area contributed by atoms with E-state index < -0.39 is 0 Å². The molecule has 1 saturated heterocycles. The Morgan fingerprint density at radius 2 is 2.50 bits per heavy atom. The maximum absolute atomic E-state index is 4.78. The molecule has 1 aliphatic rings. The van der Waals surface area contributed by atoms with Crippen LogP contribution in [0.1, 0.15) is 25.2 Å². The van der Waals surface area contributed by atoms with Gasteiger partial charge in [0.1, 0.15) is 11.3 Å². The number of aryl methyl sites for hydroxylation is 1. The number of aromatic nitrogens is 3. The van der Waals surface area contributed by atoms with Crippen molar-refractivity contribution < 1.29 is 0 Å². The second-order valence-corrected chi connectivity index (χ2v) is 5.70. The van der Waals surface area contributed by atoms with E-state index in [0.29, 0.717) is 6.04 Å². The molecule has 0 saturated carbocycles. The second-order valence-electron chi connectivity index (χ2n) is 4.55. The molecule has 3 heterocycles. The third-order valence-electron chi connectivity index (χ3n) is 3.21. The monoisotopic (exact) mass is 262 g/mol. The van der Waals surface area contributed by atoms with Gasteiger partial charge >= 0.3 is 0 Å². The average Bonchev–Trinajstić information content (AvgIpc) is 2.80. The second kappa shape index (κ2) is 5.28. The molecule has 4 nitrogen and oxygen atoms in total. The summed E-state index contributed by atoms with van der Waals surface area (Å²) in [6, 6.07) is 4.37. The Labute approximate surface area is 111 Å². The van der Waals surface area contributed by atoms with Crippen LogP contribution in [0.5, 0.6) is 0 Å². The van der Waals surface area contributed by atoms with Gasteiger partial charge in [0, 0.05) is 30.8 Å². The van der Waals surface area contributed by atoms with Crippen LogP contribution in [0.4, 0.5) is 0 Å². The summed E-state index contributed by atoms with van der Waals surface area (Å²) < 4.78 is 2.28. The zero-order chi connectivity index (χ0) is 12.4. The van der Waals surface area contributed by atoms with Gasteiger partial charge in [-0.05, 0) is 18.6 Å². The summed E-state index contributed by atoms with van der Waals surface area (Å²) >= 11 is 2.00. The number of nitrogens with one attached hydrogen (secondary N) is 1. The van der Waals surface area contributed by atoms with Crippen molar-refractivity contribution in [1.82, 2.24) is 19.9 Å². The molecule has 1 atom stereocenters. The summed E-state index contributed by atoms with van der Waals surface area (Å²) in [5, 5.41) is 3.56. The highest BCUT2D eigenvalue weighted by Crippen LogP contribution is 2.24. The Morgan fingerprint density at radius 3 is 3.28 bits per heavy atom. The molecule has 1 unspecified atom stereocenters. The first-order valence-electron chi connectivity index (χ1n) is 6.52. The summed E-state index contributed by atoms with van der Waals surface area (Å²) in [5.41, 5.74) is 2.03. The number of rotatable bonds is 3. The lowest BCUT2D eigenvalue weighted by molar-refractivity contribution is 0.525. The maximum atomic E-state index is 4.78. The van der Waals surface area contributed by atoms with Crippen LogP contribution in [0.25, 0.3) is 11.2 Å². The van der Waals surface area contributed by atoms with Crippen LogP contribution in [0.3, 0.4) is 0 Å². The third-order valence-corrected chi connectivity index (χ3v) is 4.28. The zero-order valence-corrected chi connectivity index (χ0v) is 11.4. The molecule has 2 aromatic heterocycles. The van der Waals surface area contributed by atoms with E-state index in [4.69, 9.17) is 4.98 Å². The fourth-order valence-electron chi connectivity index (χ4n) is 2.42. The van der Waals surface area contributed by atoms with Gasteiger partial charge in [-0.1, -0.05) is 6.92 Å². The van der Waals surface area contributed by atoms with Gasteiger partial charge in [0.15, 0.2) is 5.65 Å². The van der Waals surface area contributed by atoms with E-state index in [1.165, 1.54) is 5.75 Å². The Balaban J connectivity index is 2.05. The molecule has 0 aromatic carbocycles. The highest BCUT2D eigenvalue weighted by Gasteiger charge is 2.22. The van der Waals surface area contributed by atoms with Crippen molar-refractivity contribution in [2.75, 3.05) is 18.1 Å². The zero-order valence-electron chi connectivity index (χ0n) is 10.6. The minimum Gasteiger partial charge on any atom is -0.311 e. The van der Waals surface area contributed by atoms with Crippen molar-refractivity contribution in [2.45, 2.75) is 25.9 Å². The predicted octanol–water partition coefficient (Wildman–Crippen LogP) is 2.22. The standard InChI is InChI=1S/C13H18N4S/c1-2-7-17-12-10(4-3-5-15-12)16-13(17)11-9-18-8-6-14-11/h3-5,11,14H,2,6-9H2,1H3. The van der Waals surface area contributed by atoms with Crippen molar-refractivity contribution in [3.63, 3.8) is 0 Å². The SMILES string of the molecule is CCCn1c(C2CSCCN2)nc2cccnc21. The number of fused-ring (bicyclic) bond motifs is 1. The lowest BCUT2D eigenvalue weighted by atomic mass is 10.3. The van der Waals surface area contributed by atoms with E-state index in [2.05, 4.69) is 21.8 Å². The molecule has 0 aliphatic carbocycles. The van der Waals surface area contributed by atoms with Crippen LogP contribution in [-0.2, 0) is 6.54 Å². The van der Waals surface area contributed by atoms with E-state index in [1.54, 1.807) is 0 Å². The Hall–Kier alpha value is -1.07. The largest absolute Gasteiger partial charge is 0.311 e. The van der Waals surface area contributed by atoms with Crippen LogP contribution >= 0.6 is 11.8 Å². The summed E-state index contributed by atoms with van der Waals surface area (Å²) in [7, 11) is 0. The molecule has 0 radical (unpaired) electrons. The van der Waals surface area contributed by atoms with Gasteiger partial charge < -0.3 is 9.88 Å². The van der Waals surface area contributed by atoms with Gasteiger partial charge in [-0.15, -0.1) is 0 Å². The Morgan fingerprint density at radius 1 is 1.56 bits per heavy atom. The smallest absolute Gasteiger partial charge is 0.160 e. The van der Waals surface area contributed by atoms with Crippen molar-refractivity contribution in [3.8, 4) is 0 Å². The van der Waals surface area contributed by atoms with E-state index >= 15 is 0 Å². The predicted molar refractivity (Wildman–Crippen MR) is 75.9 cm³/mol. The number of hydrogen-bond acceptors (Lipinski definition) is 4. The molecule has 2 aromatic rings. The van der Waals surface area contributed by atoms with Crippen LogP contribution in [0.2, 0.25) is 0 Å². The summed E-state index contributed by atoms with van der Waals surface area (Å²) in [6.07, 6.45) is 2.96. The van der Waals surface area contributed by atoms with Gasteiger partial charge in [0.05, 0.1) is 6.04 Å². The fraction of sp³-hybridized carbons (Fsp3) is 0.538. The van der Waals surface area contributed by atoms with E-state index in [0.717, 1.165) is 42.3 Å². The minimum atomic E-state index is 0.365. The first-order chi connectivity index (χ1) is 8.90. The van der Waals surface area contributed by atoms with Crippen molar-refractivity contribution in [2.24, 2.45) is 0 Å². The molecule has 96 valence electrons. The maximum Gasteiger partial charge on any atom is 0.160 e. The van der Waals surface area contributed by atoms with Gasteiger partial charge in [0.2, 0.25) is 0 Å². The lowest BCUT2D eigenvalue weighted by Crippen LogP contribution is -2.32. The molecule has 0 bridgehead atoms. The molecule has 18 heavy (non-hydrogen) atoms. The molecule has 1 N–H and O–H groups in total. The molecule has 1 fully saturated rings. The first kappa shape index (κ1) is 12.0. The lowest BCUT2D eigenvalue weighted by Gasteiger charge is -2.23. The molecular formula is C13H18N4S. The molecule has 5 heteroatoms. The number of thioether (sulfide) groups is 1. The molecular weight excluding hydrogens is 244 g/mol. The average molecular weight is 262 g/mol. The topological polar surface area (TPSA) is 42.7 Å². The number of hydrogen-bond donors (Lipinski definition) is 1. The normalized spacial score (nSPS) is 20.4. The first-order valence-corrected chi connectivity index (χ1v) is 7.68. The van der Waals surface area contributed by atoms with Crippen LogP contribution in [0.15, 0.2) is 18.3 Å². The van der Waals surface area contributed by atoms with Crippen LogP contribution in [-0.4, -0.2) is 32.6 Å². The molecule has 1 aliphatic heterocycles. The van der Waals surface area contributed by atoms with Crippen molar-refractivity contribution in [3.05, 3.63) is 24.2 Å². The quantitative estimate of drug-likeness (QED) is 0.921. The number of imidazole rings is 1. The number of nitrogens with zero attached hydrogens (tertiary/aromatic N) is 3. The summed E-state index contributed by atoms with van der Waals surface area (Å²) in [5.74, 6) is 3.45. The number of pyridine rings is 1. The van der Waals surface area contributed by atoms with Crippen LogP contribution < -0.4 is 5.32 Å². The van der Waals surface area contributed by atoms with Crippen molar-refractivity contribution in [1.29, 1.82) is 0 Å². The Bertz CT molecular complexity index is 531. The van der Waals surface area contributed by atoms with Gasteiger partial charge in [0.25, 0.3) is 0 Å². The van der Waals surface area contributed by atoms with Crippen LogP contribution in [0, 0.1) is 0 Å². The van der Waals surface area contributed by atoms with Gasteiger partial charge in [-0.2, -0.15) is 11.8 Å². The van der Waals surface area contributed by atoms with Crippen molar-refractivity contribution >= 4 is 22.9 Å². The fourth-order valence-corrected chi connectivity index (χ4v) is 3.35. The third kappa shape index (κ3) is 2.12. The minimum absolute atomic E-state index is 0.365.